The summed E-state index contributed by atoms with van der Waals surface area (Å²) in [5, 5.41) is 4.57. The predicted molar refractivity (Wildman–Crippen MR) is 89.1 cm³/mol. The fourth-order valence-electron chi connectivity index (χ4n) is 3.06. The molecule has 0 spiro atoms. The van der Waals surface area contributed by atoms with E-state index in [1.807, 2.05) is 6.92 Å². The standard InChI is InChI=1S/C14H27BrN6/c1-5-21-12(14(15)10(2)18-21)8-11(17-16)13-9-19(3)6-7-20(13)4/h11,13,17H,5-9,16H2,1-4H3. The normalized spacial score (nSPS) is 22.7. The summed E-state index contributed by atoms with van der Waals surface area (Å²) in [6.07, 6.45) is 0.870. The minimum absolute atomic E-state index is 0.204. The molecule has 0 saturated carbocycles. The van der Waals surface area contributed by atoms with Crippen LogP contribution >= 0.6 is 15.9 Å². The highest BCUT2D eigenvalue weighted by Crippen LogP contribution is 2.24. The zero-order valence-corrected chi connectivity index (χ0v) is 15.0. The largest absolute Gasteiger partial charge is 0.303 e. The number of halogens is 1. The molecule has 1 aromatic rings. The second-order valence-corrected chi connectivity index (χ2v) is 6.74. The average Bonchev–Trinajstić information content (AvgIpc) is 2.74. The summed E-state index contributed by atoms with van der Waals surface area (Å²) in [5.41, 5.74) is 5.29. The number of piperazine rings is 1. The Labute approximate surface area is 135 Å². The monoisotopic (exact) mass is 358 g/mol. The van der Waals surface area contributed by atoms with Gasteiger partial charge in [-0.2, -0.15) is 5.10 Å². The van der Waals surface area contributed by atoms with Gasteiger partial charge in [0.1, 0.15) is 0 Å². The molecule has 6 nitrogen and oxygen atoms in total. The SMILES string of the molecule is CCn1nc(C)c(Br)c1CC(NN)C1CN(C)CCN1C. The predicted octanol–water partition coefficient (Wildman–Crippen LogP) is 0.594. The number of hydrogen-bond donors (Lipinski definition) is 2. The van der Waals surface area contributed by atoms with E-state index in [0.29, 0.717) is 6.04 Å². The summed E-state index contributed by atoms with van der Waals surface area (Å²) in [7, 11) is 4.35. The first kappa shape index (κ1) is 16.9. The number of nitrogens with one attached hydrogen (secondary N) is 1. The van der Waals surface area contributed by atoms with Gasteiger partial charge in [0.25, 0.3) is 0 Å². The molecule has 1 aliphatic heterocycles. The fourth-order valence-corrected chi connectivity index (χ4v) is 3.50. The van der Waals surface area contributed by atoms with Crippen molar-refractivity contribution in [1.82, 2.24) is 25.0 Å². The highest BCUT2D eigenvalue weighted by atomic mass is 79.9. The molecule has 3 N–H and O–H groups in total. The van der Waals surface area contributed by atoms with Crippen molar-refractivity contribution in [1.29, 1.82) is 0 Å². The molecule has 0 bridgehead atoms. The van der Waals surface area contributed by atoms with E-state index in [9.17, 15) is 0 Å². The van der Waals surface area contributed by atoms with E-state index in [1.54, 1.807) is 0 Å². The lowest BCUT2D eigenvalue weighted by molar-refractivity contribution is 0.0871. The van der Waals surface area contributed by atoms with Gasteiger partial charge in [-0.25, -0.2) is 0 Å². The van der Waals surface area contributed by atoms with Gasteiger partial charge in [0, 0.05) is 44.7 Å². The summed E-state index contributed by atoms with van der Waals surface area (Å²) in [5.74, 6) is 5.87. The molecule has 1 aliphatic rings. The van der Waals surface area contributed by atoms with Crippen LogP contribution in [-0.4, -0.2) is 65.4 Å². The second-order valence-electron chi connectivity index (χ2n) is 5.95. The highest BCUT2D eigenvalue weighted by molar-refractivity contribution is 9.10. The number of aromatic nitrogens is 2. The van der Waals surface area contributed by atoms with E-state index >= 15 is 0 Å². The average molecular weight is 359 g/mol. The Kier molecular flexibility index (Phi) is 5.79. The summed E-state index contributed by atoms with van der Waals surface area (Å²) in [6.45, 7) is 8.24. The van der Waals surface area contributed by atoms with Crippen molar-refractivity contribution in [2.24, 2.45) is 5.84 Å². The molecular weight excluding hydrogens is 332 g/mol. The third-order valence-corrected chi connectivity index (χ3v) is 5.48. The lowest BCUT2D eigenvalue weighted by Gasteiger charge is -2.41. The maximum Gasteiger partial charge on any atom is 0.0738 e. The molecule has 2 atom stereocenters. The van der Waals surface area contributed by atoms with Gasteiger partial charge >= 0.3 is 0 Å². The van der Waals surface area contributed by atoms with Crippen LogP contribution in [0, 0.1) is 6.92 Å². The van der Waals surface area contributed by atoms with Crippen LogP contribution in [0.1, 0.15) is 18.3 Å². The first-order valence-corrected chi connectivity index (χ1v) is 8.33. The summed E-state index contributed by atoms with van der Waals surface area (Å²) < 4.78 is 3.17. The molecule has 120 valence electrons. The lowest BCUT2D eigenvalue weighted by Crippen LogP contribution is -2.60. The van der Waals surface area contributed by atoms with E-state index in [0.717, 1.165) is 42.8 Å². The molecule has 0 aromatic carbocycles. The van der Waals surface area contributed by atoms with Gasteiger partial charge in [-0.1, -0.05) is 0 Å². The van der Waals surface area contributed by atoms with Crippen molar-refractivity contribution in [2.75, 3.05) is 33.7 Å². The van der Waals surface area contributed by atoms with Crippen LogP contribution in [0.4, 0.5) is 0 Å². The van der Waals surface area contributed by atoms with Crippen LogP contribution in [0.5, 0.6) is 0 Å². The molecule has 2 rings (SSSR count). The zero-order valence-electron chi connectivity index (χ0n) is 13.4. The minimum atomic E-state index is 0.204. The van der Waals surface area contributed by atoms with Crippen LogP contribution in [0.3, 0.4) is 0 Å². The Balaban J connectivity index is 2.19. The number of rotatable bonds is 5. The number of nitrogens with zero attached hydrogens (tertiary/aromatic N) is 4. The lowest BCUT2D eigenvalue weighted by atomic mass is 9.99. The third-order valence-electron chi connectivity index (χ3n) is 4.44. The van der Waals surface area contributed by atoms with Gasteiger partial charge in [-0.3, -0.25) is 20.9 Å². The van der Waals surface area contributed by atoms with Crippen molar-refractivity contribution in [3.05, 3.63) is 15.9 Å². The first-order valence-electron chi connectivity index (χ1n) is 7.54. The molecule has 21 heavy (non-hydrogen) atoms. The summed E-state index contributed by atoms with van der Waals surface area (Å²) >= 11 is 3.67. The van der Waals surface area contributed by atoms with Gasteiger partial charge < -0.3 is 4.90 Å². The van der Waals surface area contributed by atoms with Crippen LogP contribution in [0.25, 0.3) is 0 Å². The Morgan fingerprint density at radius 2 is 2.14 bits per heavy atom. The van der Waals surface area contributed by atoms with E-state index in [1.165, 1.54) is 5.69 Å². The Morgan fingerprint density at radius 3 is 2.76 bits per heavy atom. The summed E-state index contributed by atoms with van der Waals surface area (Å²) in [4.78, 5) is 4.77. The number of hydrazine groups is 1. The molecule has 0 amide bonds. The quantitative estimate of drug-likeness (QED) is 0.595. The van der Waals surface area contributed by atoms with Crippen molar-refractivity contribution < 1.29 is 0 Å². The van der Waals surface area contributed by atoms with Crippen molar-refractivity contribution in [2.45, 2.75) is 38.9 Å². The van der Waals surface area contributed by atoms with E-state index in [2.05, 4.69) is 62.0 Å². The Bertz CT molecular complexity index is 474. The number of likely N-dealkylation sites (N-methyl/N-ethyl adjacent to an activating group) is 2. The summed E-state index contributed by atoms with van der Waals surface area (Å²) in [6, 6.07) is 0.608. The maximum atomic E-state index is 5.87. The fraction of sp³-hybridized carbons (Fsp3) is 0.786. The molecule has 2 heterocycles. The minimum Gasteiger partial charge on any atom is -0.303 e. The third kappa shape index (κ3) is 3.65. The second kappa shape index (κ2) is 7.19. The van der Waals surface area contributed by atoms with Gasteiger partial charge in [-0.15, -0.1) is 0 Å². The molecule has 0 aliphatic carbocycles. The molecule has 1 aromatic heterocycles. The molecular formula is C14H27BrN6. The molecule has 0 radical (unpaired) electrons. The molecule has 2 unspecified atom stereocenters. The smallest absolute Gasteiger partial charge is 0.0738 e. The van der Waals surface area contributed by atoms with E-state index in [-0.39, 0.29) is 6.04 Å². The van der Waals surface area contributed by atoms with Crippen molar-refractivity contribution in [3.8, 4) is 0 Å². The van der Waals surface area contributed by atoms with Gasteiger partial charge in [-0.05, 0) is 43.9 Å². The number of aryl methyl sites for hydroxylation is 2. The molecule has 7 heteroatoms. The topological polar surface area (TPSA) is 62.4 Å². The van der Waals surface area contributed by atoms with Crippen LogP contribution in [0.15, 0.2) is 4.47 Å². The number of hydrogen-bond acceptors (Lipinski definition) is 5. The van der Waals surface area contributed by atoms with Crippen molar-refractivity contribution >= 4 is 15.9 Å². The Hall–Kier alpha value is -0.470. The number of nitrogens with two attached hydrogens (primary N) is 1. The van der Waals surface area contributed by atoms with E-state index < -0.39 is 0 Å². The van der Waals surface area contributed by atoms with Crippen LogP contribution in [-0.2, 0) is 13.0 Å². The van der Waals surface area contributed by atoms with E-state index in [4.69, 9.17) is 5.84 Å². The highest BCUT2D eigenvalue weighted by Gasteiger charge is 2.30. The van der Waals surface area contributed by atoms with Crippen LogP contribution < -0.4 is 11.3 Å². The zero-order chi connectivity index (χ0) is 15.6. The van der Waals surface area contributed by atoms with Gasteiger partial charge in [0.2, 0.25) is 0 Å². The van der Waals surface area contributed by atoms with Gasteiger partial charge in [0.05, 0.1) is 15.9 Å². The maximum absolute atomic E-state index is 5.87. The van der Waals surface area contributed by atoms with Crippen LogP contribution in [0.2, 0.25) is 0 Å². The Morgan fingerprint density at radius 1 is 1.43 bits per heavy atom. The van der Waals surface area contributed by atoms with Gasteiger partial charge in [0.15, 0.2) is 0 Å². The molecule has 1 fully saturated rings. The first-order chi connectivity index (χ1) is 9.97. The van der Waals surface area contributed by atoms with Crippen molar-refractivity contribution in [3.63, 3.8) is 0 Å². The molecule has 1 saturated heterocycles.